The van der Waals surface area contributed by atoms with Crippen LogP contribution in [0.25, 0.3) is 0 Å². The van der Waals surface area contributed by atoms with Gasteiger partial charge >= 0.3 is 5.97 Å². The van der Waals surface area contributed by atoms with Crippen molar-refractivity contribution in [3.05, 3.63) is 24.3 Å². The van der Waals surface area contributed by atoms with Crippen molar-refractivity contribution in [1.82, 2.24) is 0 Å². The van der Waals surface area contributed by atoms with E-state index in [2.05, 4.69) is 23.8 Å². The molecule has 0 radical (unpaired) electrons. The van der Waals surface area contributed by atoms with Gasteiger partial charge in [0.25, 0.3) is 0 Å². The summed E-state index contributed by atoms with van der Waals surface area (Å²) in [5.41, 5.74) is 0. The number of rotatable bonds is 15. The molecule has 0 aromatic rings. The van der Waals surface area contributed by atoms with Gasteiger partial charge in [-0.15, -0.1) is 0 Å². The Bertz CT molecular complexity index is 636. The van der Waals surface area contributed by atoms with Crippen molar-refractivity contribution in [3.8, 4) is 0 Å². The summed E-state index contributed by atoms with van der Waals surface area (Å²) in [7, 11) is 1.73. The molecule has 1 rings (SSSR count). The van der Waals surface area contributed by atoms with Crippen molar-refractivity contribution in [2.24, 2.45) is 11.8 Å². The minimum Gasteiger partial charge on any atom is -0.458 e. The monoisotopic (exact) mass is 438 g/mol. The molecule has 7 nitrogen and oxygen atoms in total. The van der Waals surface area contributed by atoms with E-state index < -0.39 is 24.1 Å². The molecule has 0 amide bonds. The van der Waals surface area contributed by atoms with Crippen molar-refractivity contribution in [3.63, 3.8) is 0 Å². The maximum Gasteiger partial charge on any atom is 0.303 e. The van der Waals surface area contributed by atoms with Gasteiger partial charge in [-0.3, -0.25) is 14.4 Å². The number of Topliss-reactive ketones (excluding diaryl/α,β-unsaturated/α-hetero) is 2. The molecule has 0 saturated heterocycles. The molecule has 7 heteroatoms. The summed E-state index contributed by atoms with van der Waals surface area (Å²) in [6.07, 6.45) is 14.3. The Morgan fingerprint density at radius 3 is 2.65 bits per heavy atom. The van der Waals surface area contributed by atoms with Crippen LogP contribution in [-0.4, -0.2) is 53.4 Å². The fourth-order valence-corrected chi connectivity index (χ4v) is 3.71. The Balaban J connectivity index is 2.46. The summed E-state index contributed by atoms with van der Waals surface area (Å²) >= 11 is 0. The average molecular weight is 439 g/mol. The van der Waals surface area contributed by atoms with E-state index in [4.69, 9.17) is 4.74 Å². The van der Waals surface area contributed by atoms with Crippen LogP contribution < -0.4 is 0 Å². The molecule has 2 N–H and O–H groups in total. The molecule has 0 aromatic heterocycles. The number of esters is 1. The molecule has 1 aliphatic carbocycles. The molecule has 1 saturated carbocycles. The number of ether oxygens (including phenoxy) is 2. The zero-order valence-corrected chi connectivity index (χ0v) is 19.0. The highest BCUT2D eigenvalue weighted by Gasteiger charge is 2.33. The molecule has 0 heterocycles. The van der Waals surface area contributed by atoms with Crippen molar-refractivity contribution in [2.45, 2.75) is 83.5 Å². The number of allylic oxidation sites excluding steroid dienone is 3. The second-order valence-corrected chi connectivity index (χ2v) is 8.20. The SMILES string of the molecule is CCCCC(C/C=C/[C@H]1CCC(=O)[C@@H]1C/C=C\CCC(O)(O)C(=O)COC(C)=O)OC. The summed E-state index contributed by atoms with van der Waals surface area (Å²) in [5, 5.41) is 19.6. The topological polar surface area (TPSA) is 110 Å². The van der Waals surface area contributed by atoms with E-state index in [0.29, 0.717) is 12.8 Å². The molecule has 3 atom stereocenters. The van der Waals surface area contributed by atoms with Crippen LogP contribution in [0.3, 0.4) is 0 Å². The molecule has 1 unspecified atom stereocenters. The summed E-state index contributed by atoms with van der Waals surface area (Å²) < 4.78 is 10.0. The van der Waals surface area contributed by atoms with E-state index in [-0.39, 0.29) is 36.6 Å². The first kappa shape index (κ1) is 27.2. The lowest BCUT2D eigenvalue weighted by Crippen LogP contribution is -2.41. The van der Waals surface area contributed by atoms with E-state index in [0.717, 1.165) is 39.0 Å². The first-order valence-electron chi connectivity index (χ1n) is 11.2. The lowest BCUT2D eigenvalue weighted by molar-refractivity contribution is -0.189. The summed E-state index contributed by atoms with van der Waals surface area (Å²) in [4.78, 5) is 34.7. The van der Waals surface area contributed by atoms with Crippen LogP contribution in [0.5, 0.6) is 0 Å². The number of methoxy groups -OCH3 is 1. The Hall–Kier alpha value is -1.83. The van der Waals surface area contributed by atoms with Crippen molar-refractivity contribution < 1.29 is 34.1 Å². The van der Waals surface area contributed by atoms with Crippen LogP contribution in [0.2, 0.25) is 0 Å². The van der Waals surface area contributed by atoms with Crippen molar-refractivity contribution in [2.75, 3.05) is 13.7 Å². The fraction of sp³-hybridized carbons (Fsp3) is 0.708. The summed E-state index contributed by atoms with van der Waals surface area (Å²) in [6.45, 7) is 2.63. The maximum absolute atomic E-state index is 12.3. The highest BCUT2D eigenvalue weighted by atomic mass is 16.5. The lowest BCUT2D eigenvalue weighted by atomic mass is 9.91. The average Bonchev–Trinajstić information content (AvgIpc) is 3.07. The number of hydrogen-bond acceptors (Lipinski definition) is 7. The van der Waals surface area contributed by atoms with Gasteiger partial charge in [-0.05, 0) is 38.0 Å². The van der Waals surface area contributed by atoms with Crippen LogP contribution in [0.15, 0.2) is 24.3 Å². The Morgan fingerprint density at radius 2 is 2.00 bits per heavy atom. The number of aliphatic hydroxyl groups is 2. The molecular weight excluding hydrogens is 400 g/mol. The molecule has 1 fully saturated rings. The zero-order valence-electron chi connectivity index (χ0n) is 19.0. The second-order valence-electron chi connectivity index (χ2n) is 8.20. The quantitative estimate of drug-likeness (QED) is 0.229. The van der Waals surface area contributed by atoms with Crippen molar-refractivity contribution in [1.29, 1.82) is 0 Å². The van der Waals surface area contributed by atoms with Crippen molar-refractivity contribution >= 4 is 17.5 Å². The van der Waals surface area contributed by atoms with E-state index in [1.165, 1.54) is 0 Å². The number of carbonyl (C=O) groups is 3. The van der Waals surface area contributed by atoms with Crippen LogP contribution in [0, 0.1) is 11.8 Å². The Morgan fingerprint density at radius 1 is 1.26 bits per heavy atom. The maximum atomic E-state index is 12.3. The van der Waals surface area contributed by atoms with Crippen LogP contribution >= 0.6 is 0 Å². The van der Waals surface area contributed by atoms with Gasteiger partial charge in [0.1, 0.15) is 5.78 Å². The highest BCUT2D eigenvalue weighted by molar-refractivity contribution is 5.87. The number of ketones is 2. The number of hydrogen-bond donors (Lipinski definition) is 2. The first-order valence-corrected chi connectivity index (χ1v) is 11.2. The third-order valence-corrected chi connectivity index (χ3v) is 5.72. The van der Waals surface area contributed by atoms with Crippen LogP contribution in [0.4, 0.5) is 0 Å². The van der Waals surface area contributed by atoms with Gasteiger partial charge in [-0.1, -0.05) is 44.1 Å². The first-order chi connectivity index (χ1) is 14.7. The van der Waals surface area contributed by atoms with E-state index in [9.17, 15) is 24.6 Å². The molecule has 31 heavy (non-hydrogen) atoms. The van der Waals surface area contributed by atoms with Gasteiger partial charge in [0, 0.05) is 32.8 Å². The predicted molar refractivity (Wildman–Crippen MR) is 117 cm³/mol. The summed E-state index contributed by atoms with van der Waals surface area (Å²) in [6, 6.07) is 0. The smallest absolute Gasteiger partial charge is 0.303 e. The Kier molecular flexibility index (Phi) is 12.5. The van der Waals surface area contributed by atoms with Gasteiger partial charge in [0.2, 0.25) is 11.6 Å². The summed E-state index contributed by atoms with van der Waals surface area (Å²) in [5.74, 6) is -3.76. The zero-order chi connectivity index (χ0) is 23.3. The van der Waals surface area contributed by atoms with Gasteiger partial charge in [-0.2, -0.15) is 0 Å². The third-order valence-electron chi connectivity index (χ3n) is 5.72. The molecule has 0 spiro atoms. The number of carbonyl (C=O) groups excluding carboxylic acids is 3. The fourth-order valence-electron chi connectivity index (χ4n) is 3.71. The highest BCUT2D eigenvalue weighted by Crippen LogP contribution is 2.33. The predicted octanol–water partition coefficient (Wildman–Crippen LogP) is 3.27. The molecule has 0 aromatic carbocycles. The minimum atomic E-state index is -2.54. The lowest BCUT2D eigenvalue weighted by Gasteiger charge is -2.19. The molecule has 1 aliphatic rings. The molecular formula is C24H38O7. The largest absolute Gasteiger partial charge is 0.458 e. The van der Waals surface area contributed by atoms with E-state index in [1.807, 2.05) is 6.08 Å². The molecule has 176 valence electrons. The standard InChI is InChI=1S/C24H38O7/c1-4-5-11-20(30-3)12-9-10-19-14-15-22(26)21(19)13-7-6-8-16-24(28,29)23(27)17-31-18(2)25/h6-7,9-10,19-21,28-29H,4-5,8,11-17H2,1-3H3/b7-6-,10-9+/t19-,20?,21+/m0/s1. The van der Waals surface area contributed by atoms with Crippen LogP contribution in [0.1, 0.15) is 71.6 Å². The van der Waals surface area contributed by atoms with E-state index in [1.54, 1.807) is 13.2 Å². The Labute approximate surface area is 185 Å². The number of unbranched alkanes of at least 4 members (excludes halogenated alkanes) is 1. The van der Waals surface area contributed by atoms with Crippen LogP contribution in [-0.2, 0) is 23.9 Å². The molecule has 0 bridgehead atoms. The molecule has 0 aliphatic heterocycles. The van der Waals surface area contributed by atoms with Gasteiger partial charge < -0.3 is 19.7 Å². The second kappa shape index (κ2) is 14.3. The van der Waals surface area contributed by atoms with Gasteiger partial charge in [0.15, 0.2) is 6.61 Å². The normalized spacial score (nSPS) is 20.6. The minimum absolute atomic E-state index is 0.0669. The van der Waals surface area contributed by atoms with E-state index >= 15 is 0 Å². The van der Waals surface area contributed by atoms with Gasteiger partial charge in [0.05, 0.1) is 6.10 Å². The third kappa shape index (κ3) is 10.4. The van der Waals surface area contributed by atoms with Gasteiger partial charge in [-0.25, -0.2) is 0 Å².